The van der Waals surface area contributed by atoms with Crippen molar-refractivity contribution < 1.29 is 0 Å². The molecule has 0 fully saturated rings. The van der Waals surface area contributed by atoms with Gasteiger partial charge in [-0.2, -0.15) is 0 Å². The van der Waals surface area contributed by atoms with Crippen LogP contribution in [0.5, 0.6) is 0 Å². The van der Waals surface area contributed by atoms with Crippen molar-refractivity contribution in [3.8, 4) is 0 Å². The van der Waals surface area contributed by atoms with Crippen molar-refractivity contribution in [2.75, 3.05) is 13.1 Å². The van der Waals surface area contributed by atoms with Gasteiger partial charge in [-0.1, -0.05) is 50.1 Å². The van der Waals surface area contributed by atoms with Crippen molar-refractivity contribution in [2.45, 2.75) is 46.1 Å². The predicted molar refractivity (Wildman–Crippen MR) is 98.9 cm³/mol. The molecule has 1 rings (SSSR count). The summed E-state index contributed by atoms with van der Waals surface area (Å²) >= 11 is 0. The van der Waals surface area contributed by atoms with Crippen LogP contribution < -0.4 is 10.6 Å². The van der Waals surface area contributed by atoms with E-state index >= 15 is 0 Å². The Kier molecular flexibility index (Phi) is 11.5. The molecule has 0 aromatic heterocycles. The van der Waals surface area contributed by atoms with Gasteiger partial charge in [-0.05, 0) is 25.8 Å². The van der Waals surface area contributed by atoms with Crippen LogP contribution in [-0.4, -0.2) is 19.0 Å². The lowest BCUT2D eigenvalue weighted by Crippen LogP contribution is -2.38. The Bertz CT molecular complexity index is 365. The zero-order valence-corrected chi connectivity index (χ0v) is 15.2. The normalized spacial score (nSPS) is 12.4. The molecule has 0 aliphatic rings. The van der Waals surface area contributed by atoms with Crippen LogP contribution in [0.1, 0.15) is 51.6 Å². The number of nitrogens with one attached hydrogen (secondary N) is 2. The number of benzene rings is 1. The van der Waals surface area contributed by atoms with Gasteiger partial charge in [-0.25, -0.2) is 0 Å². The van der Waals surface area contributed by atoms with Crippen LogP contribution in [-0.2, 0) is 0 Å². The van der Waals surface area contributed by atoms with E-state index in [1.807, 2.05) is 6.07 Å². The molecule has 0 radical (unpaired) electrons. The highest BCUT2D eigenvalue weighted by Crippen LogP contribution is 2.10. The van der Waals surface area contributed by atoms with Crippen LogP contribution >= 0.6 is 24.0 Å². The molecular formula is C16H28IN3. The highest BCUT2D eigenvalue weighted by Gasteiger charge is 2.06. The monoisotopic (exact) mass is 389 g/mol. The maximum absolute atomic E-state index is 4.61. The lowest BCUT2D eigenvalue weighted by molar-refractivity contribution is 0.675. The van der Waals surface area contributed by atoms with E-state index in [2.05, 4.69) is 60.7 Å². The minimum Gasteiger partial charge on any atom is -0.357 e. The van der Waals surface area contributed by atoms with Gasteiger partial charge in [0.15, 0.2) is 5.96 Å². The van der Waals surface area contributed by atoms with Gasteiger partial charge < -0.3 is 10.6 Å². The third-order valence-electron chi connectivity index (χ3n) is 3.03. The second-order valence-corrected chi connectivity index (χ2v) is 4.74. The molecule has 0 aliphatic heterocycles. The summed E-state index contributed by atoms with van der Waals surface area (Å²) in [5, 5.41) is 6.75. The van der Waals surface area contributed by atoms with Gasteiger partial charge in [-0.3, -0.25) is 4.99 Å². The lowest BCUT2D eigenvalue weighted by atomic mass is 10.1. The molecule has 114 valence electrons. The largest absolute Gasteiger partial charge is 0.357 e. The Labute approximate surface area is 140 Å². The molecule has 1 aromatic carbocycles. The number of guanidine groups is 1. The molecule has 1 atom stereocenters. The van der Waals surface area contributed by atoms with Gasteiger partial charge in [0.1, 0.15) is 0 Å². The van der Waals surface area contributed by atoms with E-state index < -0.39 is 0 Å². The van der Waals surface area contributed by atoms with Crippen molar-refractivity contribution in [3.05, 3.63) is 35.9 Å². The number of nitrogens with zero attached hydrogens (tertiary/aromatic N) is 1. The molecule has 0 bridgehead atoms. The molecule has 1 unspecified atom stereocenters. The molecule has 0 spiro atoms. The summed E-state index contributed by atoms with van der Waals surface area (Å²) in [6.45, 7) is 8.25. The molecule has 2 N–H and O–H groups in total. The fourth-order valence-electron chi connectivity index (χ4n) is 1.90. The summed E-state index contributed by atoms with van der Waals surface area (Å²) < 4.78 is 0. The van der Waals surface area contributed by atoms with E-state index in [4.69, 9.17) is 0 Å². The van der Waals surface area contributed by atoms with Crippen LogP contribution in [0.2, 0.25) is 0 Å². The number of hydrogen-bond donors (Lipinski definition) is 2. The van der Waals surface area contributed by atoms with Crippen LogP contribution in [0.4, 0.5) is 0 Å². The summed E-state index contributed by atoms with van der Waals surface area (Å²) in [5.41, 5.74) is 1.28. The minimum atomic E-state index is 0. The molecule has 0 heterocycles. The van der Waals surface area contributed by atoms with Gasteiger partial charge in [0.25, 0.3) is 0 Å². The van der Waals surface area contributed by atoms with E-state index in [0.717, 1.165) is 25.5 Å². The van der Waals surface area contributed by atoms with Crippen LogP contribution in [0.15, 0.2) is 35.3 Å². The Morgan fingerprint density at radius 2 is 1.85 bits per heavy atom. The smallest absolute Gasteiger partial charge is 0.191 e. The van der Waals surface area contributed by atoms with Gasteiger partial charge in [0.2, 0.25) is 0 Å². The third kappa shape index (κ3) is 7.72. The third-order valence-corrected chi connectivity index (χ3v) is 3.03. The van der Waals surface area contributed by atoms with Crippen molar-refractivity contribution in [1.82, 2.24) is 10.6 Å². The number of unbranched alkanes of at least 4 members (excludes halogenated alkanes) is 2. The van der Waals surface area contributed by atoms with Crippen molar-refractivity contribution in [2.24, 2.45) is 4.99 Å². The molecule has 4 heteroatoms. The Balaban J connectivity index is 0.00000361. The first kappa shape index (κ1) is 19.2. The van der Waals surface area contributed by atoms with E-state index in [1.54, 1.807) is 0 Å². The van der Waals surface area contributed by atoms with Crippen LogP contribution in [0, 0.1) is 0 Å². The first-order chi connectivity index (χ1) is 9.27. The Hall–Kier alpha value is -0.780. The quantitative estimate of drug-likeness (QED) is 0.319. The average Bonchev–Trinajstić information content (AvgIpc) is 2.44. The van der Waals surface area contributed by atoms with E-state index in [9.17, 15) is 0 Å². The minimum absolute atomic E-state index is 0. The number of hydrogen-bond acceptors (Lipinski definition) is 1. The van der Waals surface area contributed by atoms with E-state index in [1.165, 1.54) is 18.4 Å². The number of halogens is 1. The molecule has 0 saturated carbocycles. The molecule has 20 heavy (non-hydrogen) atoms. The van der Waals surface area contributed by atoms with Crippen molar-refractivity contribution in [1.29, 1.82) is 0 Å². The Morgan fingerprint density at radius 3 is 2.45 bits per heavy atom. The van der Waals surface area contributed by atoms with E-state index in [0.29, 0.717) is 0 Å². The Morgan fingerprint density at radius 1 is 1.15 bits per heavy atom. The lowest BCUT2D eigenvalue weighted by Gasteiger charge is -2.18. The first-order valence-corrected chi connectivity index (χ1v) is 7.37. The summed E-state index contributed by atoms with van der Waals surface area (Å²) in [7, 11) is 0. The first-order valence-electron chi connectivity index (χ1n) is 7.37. The van der Waals surface area contributed by atoms with Gasteiger partial charge in [0, 0.05) is 13.1 Å². The second-order valence-electron chi connectivity index (χ2n) is 4.74. The molecular weight excluding hydrogens is 361 g/mol. The highest BCUT2D eigenvalue weighted by atomic mass is 127. The highest BCUT2D eigenvalue weighted by molar-refractivity contribution is 14.0. The van der Waals surface area contributed by atoms with Crippen molar-refractivity contribution >= 4 is 29.9 Å². The maximum atomic E-state index is 4.61. The van der Waals surface area contributed by atoms with Gasteiger partial charge in [-0.15, -0.1) is 24.0 Å². The second kappa shape index (κ2) is 12.0. The van der Waals surface area contributed by atoms with Crippen LogP contribution in [0.25, 0.3) is 0 Å². The zero-order chi connectivity index (χ0) is 13.9. The summed E-state index contributed by atoms with van der Waals surface area (Å²) in [4.78, 5) is 4.61. The SMILES string of the molecule is CCCCCN=C(NCC)NC(C)c1ccccc1.I. The molecule has 0 saturated heterocycles. The van der Waals surface area contributed by atoms with Gasteiger partial charge >= 0.3 is 0 Å². The number of rotatable bonds is 7. The van der Waals surface area contributed by atoms with Gasteiger partial charge in [0.05, 0.1) is 6.04 Å². The molecule has 3 nitrogen and oxygen atoms in total. The summed E-state index contributed by atoms with van der Waals surface area (Å²) in [6.07, 6.45) is 3.64. The maximum Gasteiger partial charge on any atom is 0.191 e. The topological polar surface area (TPSA) is 36.4 Å². The van der Waals surface area contributed by atoms with Crippen LogP contribution in [0.3, 0.4) is 0 Å². The molecule has 0 amide bonds. The zero-order valence-electron chi connectivity index (χ0n) is 12.9. The molecule has 0 aliphatic carbocycles. The summed E-state index contributed by atoms with van der Waals surface area (Å²) in [6, 6.07) is 10.7. The fourth-order valence-corrected chi connectivity index (χ4v) is 1.90. The molecule has 1 aromatic rings. The summed E-state index contributed by atoms with van der Waals surface area (Å²) in [5.74, 6) is 0.912. The fraction of sp³-hybridized carbons (Fsp3) is 0.562. The number of aliphatic imine (C=N–C) groups is 1. The standard InChI is InChI=1S/C16H27N3.HI/c1-4-6-10-13-18-16(17-5-2)19-14(3)15-11-8-7-9-12-15;/h7-9,11-12,14H,4-6,10,13H2,1-3H3,(H2,17,18,19);1H. The van der Waals surface area contributed by atoms with Crippen molar-refractivity contribution in [3.63, 3.8) is 0 Å². The van der Waals surface area contributed by atoms with E-state index in [-0.39, 0.29) is 30.0 Å². The average molecular weight is 389 g/mol. The predicted octanol–water partition coefficient (Wildman–Crippen LogP) is 4.11.